The normalized spacial score (nSPS) is 10.8. The third-order valence-corrected chi connectivity index (χ3v) is 3.56. The van der Waals surface area contributed by atoms with Gasteiger partial charge >= 0.3 is 0 Å². The maximum atomic E-state index is 14.2. The molecule has 0 aliphatic carbocycles. The van der Waals surface area contributed by atoms with Gasteiger partial charge in [0.05, 0.1) is 10.6 Å². The third kappa shape index (κ3) is 2.38. The van der Waals surface area contributed by atoms with Crippen LogP contribution in [0.5, 0.6) is 0 Å². The maximum Gasteiger partial charge on any atom is 0.230 e. The van der Waals surface area contributed by atoms with E-state index >= 15 is 0 Å². The topological polar surface area (TPSA) is 52.0 Å². The standard InChI is InChI=1S/C16H12ClFN2O/c1-9-5-7-10(8-6-9)13-15(20-21-16(13)19)11-3-2-4-12(17)14(11)18/h2-8H,19H2,1H3. The molecule has 0 bridgehead atoms. The van der Waals surface area contributed by atoms with Gasteiger partial charge in [0.2, 0.25) is 5.88 Å². The second-order valence-electron chi connectivity index (χ2n) is 4.74. The maximum absolute atomic E-state index is 14.2. The highest BCUT2D eigenvalue weighted by atomic mass is 35.5. The van der Waals surface area contributed by atoms with Crippen LogP contribution in [0.15, 0.2) is 47.0 Å². The Morgan fingerprint density at radius 3 is 2.57 bits per heavy atom. The number of nitrogen functional groups attached to an aromatic ring is 1. The number of hydrogen-bond donors (Lipinski definition) is 1. The van der Waals surface area contributed by atoms with Crippen molar-refractivity contribution in [3.63, 3.8) is 0 Å². The smallest absolute Gasteiger partial charge is 0.230 e. The zero-order valence-electron chi connectivity index (χ0n) is 11.2. The molecule has 3 aromatic rings. The summed E-state index contributed by atoms with van der Waals surface area (Å²) in [5.74, 6) is -0.394. The summed E-state index contributed by atoms with van der Waals surface area (Å²) in [5, 5.41) is 3.92. The van der Waals surface area contributed by atoms with Crippen LogP contribution in [0.4, 0.5) is 10.3 Å². The van der Waals surface area contributed by atoms with Gasteiger partial charge < -0.3 is 10.3 Å². The lowest BCUT2D eigenvalue weighted by Crippen LogP contribution is -1.90. The highest BCUT2D eigenvalue weighted by Gasteiger charge is 2.20. The fraction of sp³-hybridized carbons (Fsp3) is 0.0625. The zero-order valence-corrected chi connectivity index (χ0v) is 12.0. The Morgan fingerprint density at radius 1 is 1.14 bits per heavy atom. The zero-order chi connectivity index (χ0) is 15.0. The van der Waals surface area contributed by atoms with Crippen LogP contribution in [0, 0.1) is 12.7 Å². The fourth-order valence-corrected chi connectivity index (χ4v) is 2.35. The molecule has 21 heavy (non-hydrogen) atoms. The van der Waals surface area contributed by atoms with Gasteiger partial charge in [-0.3, -0.25) is 0 Å². The van der Waals surface area contributed by atoms with E-state index in [1.165, 1.54) is 6.07 Å². The van der Waals surface area contributed by atoms with Gasteiger partial charge in [0.15, 0.2) is 5.82 Å². The van der Waals surface area contributed by atoms with Gasteiger partial charge in [0.1, 0.15) is 5.69 Å². The molecule has 3 nitrogen and oxygen atoms in total. The second-order valence-corrected chi connectivity index (χ2v) is 5.15. The summed E-state index contributed by atoms with van der Waals surface area (Å²) in [5.41, 5.74) is 8.95. The number of aryl methyl sites for hydroxylation is 1. The van der Waals surface area contributed by atoms with Crippen molar-refractivity contribution in [2.45, 2.75) is 6.92 Å². The van der Waals surface area contributed by atoms with E-state index in [4.69, 9.17) is 21.9 Å². The monoisotopic (exact) mass is 302 g/mol. The molecule has 0 saturated heterocycles. The molecule has 0 atom stereocenters. The summed E-state index contributed by atoms with van der Waals surface area (Å²) >= 11 is 5.83. The van der Waals surface area contributed by atoms with Crippen LogP contribution in [0.25, 0.3) is 22.4 Å². The molecule has 0 amide bonds. The summed E-state index contributed by atoms with van der Waals surface area (Å²) in [7, 11) is 0. The quantitative estimate of drug-likeness (QED) is 0.747. The van der Waals surface area contributed by atoms with E-state index < -0.39 is 5.82 Å². The number of anilines is 1. The van der Waals surface area contributed by atoms with Gasteiger partial charge in [-0.25, -0.2) is 4.39 Å². The lowest BCUT2D eigenvalue weighted by molar-refractivity contribution is 0.439. The lowest BCUT2D eigenvalue weighted by atomic mass is 10.00. The number of nitrogens with zero attached hydrogens (tertiary/aromatic N) is 1. The molecular weight excluding hydrogens is 291 g/mol. The number of hydrogen-bond acceptors (Lipinski definition) is 3. The number of benzene rings is 2. The third-order valence-electron chi connectivity index (χ3n) is 3.27. The van der Waals surface area contributed by atoms with E-state index in [0.29, 0.717) is 11.3 Å². The van der Waals surface area contributed by atoms with E-state index in [9.17, 15) is 4.39 Å². The van der Waals surface area contributed by atoms with E-state index in [2.05, 4.69) is 5.16 Å². The predicted octanol–water partition coefficient (Wildman–Crippen LogP) is 4.69. The van der Waals surface area contributed by atoms with Crippen molar-refractivity contribution in [1.29, 1.82) is 0 Å². The lowest BCUT2D eigenvalue weighted by Gasteiger charge is -2.05. The highest BCUT2D eigenvalue weighted by Crippen LogP contribution is 2.38. The van der Waals surface area contributed by atoms with Crippen molar-refractivity contribution in [1.82, 2.24) is 5.16 Å². The van der Waals surface area contributed by atoms with Crippen molar-refractivity contribution >= 4 is 17.5 Å². The van der Waals surface area contributed by atoms with Gasteiger partial charge in [-0.15, -0.1) is 0 Å². The van der Waals surface area contributed by atoms with Crippen molar-refractivity contribution in [2.24, 2.45) is 0 Å². The molecule has 0 saturated carbocycles. The SMILES string of the molecule is Cc1ccc(-c2c(-c3cccc(Cl)c3F)noc2N)cc1. The van der Waals surface area contributed by atoms with Crippen LogP contribution < -0.4 is 5.73 Å². The van der Waals surface area contributed by atoms with Crippen LogP contribution in [0.1, 0.15) is 5.56 Å². The molecule has 0 spiro atoms. The first-order chi connectivity index (χ1) is 10.1. The van der Waals surface area contributed by atoms with Crippen LogP contribution >= 0.6 is 11.6 Å². The largest absolute Gasteiger partial charge is 0.367 e. The number of rotatable bonds is 2. The minimum Gasteiger partial charge on any atom is -0.367 e. The molecular formula is C16H12ClFN2O. The molecule has 2 aromatic carbocycles. The molecule has 0 fully saturated rings. The summed E-state index contributed by atoms with van der Waals surface area (Å²) in [4.78, 5) is 0. The van der Waals surface area contributed by atoms with Crippen LogP contribution in [0.3, 0.4) is 0 Å². The summed E-state index contributed by atoms with van der Waals surface area (Å²) < 4.78 is 19.2. The number of aromatic nitrogens is 1. The first kappa shape index (κ1) is 13.6. The van der Waals surface area contributed by atoms with Crippen molar-refractivity contribution < 1.29 is 8.91 Å². The van der Waals surface area contributed by atoms with E-state index in [-0.39, 0.29) is 16.5 Å². The molecule has 2 N–H and O–H groups in total. The summed E-state index contributed by atoms with van der Waals surface area (Å²) in [6.07, 6.45) is 0. The van der Waals surface area contributed by atoms with Crippen molar-refractivity contribution in [3.8, 4) is 22.4 Å². The molecule has 3 rings (SSSR count). The average molecular weight is 303 g/mol. The summed E-state index contributed by atoms with van der Waals surface area (Å²) in [6.45, 7) is 1.98. The minimum absolute atomic E-state index is 0.0314. The van der Waals surface area contributed by atoms with Crippen LogP contribution in [-0.4, -0.2) is 5.16 Å². The Hall–Kier alpha value is -2.33. The van der Waals surface area contributed by atoms with Crippen molar-refractivity contribution in [3.05, 3.63) is 58.9 Å². The number of nitrogens with two attached hydrogens (primary N) is 1. The molecule has 0 unspecified atom stereocenters. The van der Waals surface area contributed by atoms with Gasteiger partial charge in [0.25, 0.3) is 0 Å². The molecule has 0 aliphatic heterocycles. The van der Waals surface area contributed by atoms with E-state index in [0.717, 1.165) is 11.1 Å². The Bertz CT molecular complexity index is 797. The first-order valence-corrected chi connectivity index (χ1v) is 6.72. The second kappa shape index (κ2) is 5.22. The van der Waals surface area contributed by atoms with Crippen molar-refractivity contribution in [2.75, 3.05) is 5.73 Å². The van der Waals surface area contributed by atoms with Crippen LogP contribution in [-0.2, 0) is 0 Å². The Morgan fingerprint density at radius 2 is 1.86 bits per heavy atom. The molecule has 0 aliphatic rings. The van der Waals surface area contributed by atoms with Gasteiger partial charge in [-0.05, 0) is 24.6 Å². The van der Waals surface area contributed by atoms with E-state index in [1.54, 1.807) is 12.1 Å². The fourth-order valence-electron chi connectivity index (χ4n) is 2.17. The average Bonchev–Trinajstić information content (AvgIpc) is 2.85. The molecule has 1 heterocycles. The summed E-state index contributed by atoms with van der Waals surface area (Å²) in [6, 6.07) is 12.4. The molecule has 5 heteroatoms. The predicted molar refractivity (Wildman–Crippen MR) is 81.5 cm³/mol. The van der Waals surface area contributed by atoms with Gasteiger partial charge in [0, 0.05) is 5.56 Å². The molecule has 106 valence electrons. The molecule has 0 radical (unpaired) electrons. The number of halogens is 2. The Balaban J connectivity index is 2.22. The Kier molecular flexibility index (Phi) is 3.39. The Labute approximate surface area is 126 Å². The van der Waals surface area contributed by atoms with Crippen LogP contribution in [0.2, 0.25) is 5.02 Å². The molecule has 1 aromatic heterocycles. The van der Waals surface area contributed by atoms with E-state index in [1.807, 2.05) is 31.2 Å². The van der Waals surface area contributed by atoms with Gasteiger partial charge in [-0.1, -0.05) is 52.7 Å². The highest BCUT2D eigenvalue weighted by molar-refractivity contribution is 6.31. The van der Waals surface area contributed by atoms with Gasteiger partial charge in [-0.2, -0.15) is 0 Å². The first-order valence-electron chi connectivity index (χ1n) is 6.34. The minimum atomic E-state index is -0.541.